The zero-order chi connectivity index (χ0) is 18.0. The molecule has 130 valence electrons. The fourth-order valence-electron chi connectivity index (χ4n) is 2.09. The Morgan fingerprint density at radius 3 is 2.44 bits per heavy atom. The van der Waals surface area contributed by atoms with Crippen LogP contribution in [0.2, 0.25) is 0 Å². The number of benzene rings is 2. The zero-order valence-corrected chi connectivity index (χ0v) is 13.7. The molecule has 1 heterocycles. The summed E-state index contributed by atoms with van der Waals surface area (Å²) >= 11 is 1.29. The maximum Gasteiger partial charge on any atom is 0.203 e. The molecule has 0 spiro atoms. The Balaban J connectivity index is 1.79. The number of hydrogen-bond donors (Lipinski definition) is 0. The second-order valence-corrected chi connectivity index (χ2v) is 5.82. The lowest BCUT2D eigenvalue weighted by Gasteiger charge is -2.08. The van der Waals surface area contributed by atoms with Gasteiger partial charge in [-0.05, 0) is 12.1 Å². The lowest BCUT2D eigenvalue weighted by atomic mass is 10.2. The van der Waals surface area contributed by atoms with Crippen LogP contribution >= 0.6 is 11.3 Å². The average molecular weight is 369 g/mol. The molecule has 0 saturated heterocycles. The number of ether oxygens (including phenoxy) is 2. The average Bonchev–Trinajstić information content (AvgIpc) is 3.09. The molecule has 0 N–H and O–H groups in total. The fourth-order valence-corrected chi connectivity index (χ4v) is 2.89. The van der Waals surface area contributed by atoms with E-state index in [9.17, 15) is 17.6 Å². The molecule has 3 rings (SSSR count). The highest BCUT2D eigenvalue weighted by molar-refractivity contribution is 7.13. The van der Waals surface area contributed by atoms with Gasteiger partial charge in [0.2, 0.25) is 11.6 Å². The number of nitrogens with zero attached hydrogens (tertiary/aromatic N) is 1. The Morgan fingerprint density at radius 1 is 1.04 bits per heavy atom. The molecule has 3 aromatic rings. The first kappa shape index (κ1) is 17.2. The second kappa shape index (κ2) is 7.10. The van der Waals surface area contributed by atoms with Crippen molar-refractivity contribution in [2.75, 3.05) is 7.11 Å². The van der Waals surface area contributed by atoms with Crippen molar-refractivity contribution >= 4 is 11.3 Å². The lowest BCUT2D eigenvalue weighted by molar-refractivity contribution is 0.259. The summed E-state index contributed by atoms with van der Waals surface area (Å²) in [5.74, 6) is -6.66. The molecule has 3 nitrogen and oxygen atoms in total. The molecule has 0 radical (unpaired) electrons. The molecule has 0 fully saturated rings. The van der Waals surface area contributed by atoms with E-state index < -0.39 is 29.0 Å². The third-order valence-corrected chi connectivity index (χ3v) is 4.24. The number of halogens is 4. The van der Waals surface area contributed by atoms with Crippen LogP contribution < -0.4 is 9.47 Å². The topological polar surface area (TPSA) is 31.4 Å². The molecule has 25 heavy (non-hydrogen) atoms. The Morgan fingerprint density at radius 2 is 1.76 bits per heavy atom. The molecule has 0 aliphatic carbocycles. The molecule has 0 bridgehead atoms. The van der Waals surface area contributed by atoms with E-state index >= 15 is 0 Å². The van der Waals surface area contributed by atoms with Crippen LogP contribution in [0.4, 0.5) is 17.6 Å². The van der Waals surface area contributed by atoms with E-state index in [0.29, 0.717) is 16.5 Å². The fraction of sp³-hybridized carbons (Fsp3) is 0.118. The highest BCUT2D eigenvalue weighted by Gasteiger charge is 2.21. The van der Waals surface area contributed by atoms with Crippen molar-refractivity contribution in [2.24, 2.45) is 0 Å². The minimum atomic E-state index is -1.58. The van der Waals surface area contributed by atoms with Gasteiger partial charge in [-0.1, -0.05) is 12.1 Å². The lowest BCUT2D eigenvalue weighted by Crippen LogP contribution is -2.04. The van der Waals surface area contributed by atoms with Crippen molar-refractivity contribution in [1.82, 2.24) is 4.98 Å². The molecule has 0 aliphatic heterocycles. The van der Waals surface area contributed by atoms with E-state index in [4.69, 9.17) is 9.47 Å². The Bertz CT molecular complexity index is 887. The van der Waals surface area contributed by atoms with Crippen molar-refractivity contribution in [3.05, 3.63) is 64.7 Å². The number of aromatic nitrogens is 1. The van der Waals surface area contributed by atoms with E-state index in [2.05, 4.69) is 4.98 Å². The first-order chi connectivity index (χ1) is 12.0. The minimum Gasteiger partial charge on any atom is -0.497 e. The van der Waals surface area contributed by atoms with Crippen LogP contribution in [0.15, 0.2) is 35.7 Å². The van der Waals surface area contributed by atoms with Gasteiger partial charge in [-0.25, -0.2) is 13.8 Å². The summed E-state index contributed by atoms with van der Waals surface area (Å²) < 4.78 is 63.5. The van der Waals surface area contributed by atoms with Crippen molar-refractivity contribution < 1.29 is 27.0 Å². The van der Waals surface area contributed by atoms with E-state index in [1.54, 1.807) is 30.7 Å². The summed E-state index contributed by atoms with van der Waals surface area (Å²) in [6, 6.07) is 7.32. The molecule has 2 aromatic carbocycles. The van der Waals surface area contributed by atoms with Gasteiger partial charge in [0, 0.05) is 17.0 Å². The van der Waals surface area contributed by atoms with Crippen LogP contribution in [0, 0.1) is 23.3 Å². The summed E-state index contributed by atoms with van der Waals surface area (Å²) in [5.41, 5.74) is 1.16. The molecule has 0 amide bonds. The summed E-state index contributed by atoms with van der Waals surface area (Å²) in [5, 5.41) is 2.27. The second-order valence-electron chi connectivity index (χ2n) is 4.96. The summed E-state index contributed by atoms with van der Waals surface area (Å²) in [6.07, 6.45) is 0. The number of thiazole rings is 1. The van der Waals surface area contributed by atoms with Crippen molar-refractivity contribution in [3.8, 4) is 22.1 Å². The SMILES string of the molecule is COc1cccc(-c2nc(COc3c(F)c(F)cc(F)c3F)cs2)c1. The van der Waals surface area contributed by atoms with Gasteiger partial charge in [0.25, 0.3) is 0 Å². The van der Waals surface area contributed by atoms with E-state index in [1.807, 2.05) is 6.07 Å². The molecular formula is C17H11F4NO2S. The van der Waals surface area contributed by atoms with Crippen LogP contribution in [-0.4, -0.2) is 12.1 Å². The van der Waals surface area contributed by atoms with E-state index in [-0.39, 0.29) is 12.7 Å². The quantitative estimate of drug-likeness (QED) is 0.471. The molecule has 0 aliphatic rings. The normalized spacial score (nSPS) is 10.8. The standard InChI is InChI=1S/C17H11F4NO2S/c1-23-11-4-2-3-9(5-11)17-22-10(8-25-17)7-24-16-14(20)12(18)6-13(19)15(16)21/h2-6,8H,7H2,1H3. The van der Waals surface area contributed by atoms with Crippen molar-refractivity contribution in [1.29, 1.82) is 0 Å². The third kappa shape index (κ3) is 3.58. The third-order valence-electron chi connectivity index (χ3n) is 3.30. The summed E-state index contributed by atoms with van der Waals surface area (Å²) in [6.45, 7) is -0.336. The monoisotopic (exact) mass is 369 g/mol. The van der Waals surface area contributed by atoms with Gasteiger partial charge in [-0.3, -0.25) is 0 Å². The number of methoxy groups -OCH3 is 1. The highest BCUT2D eigenvalue weighted by atomic mass is 32.1. The van der Waals surface area contributed by atoms with Crippen LogP contribution in [0.25, 0.3) is 10.6 Å². The van der Waals surface area contributed by atoms with Gasteiger partial charge in [-0.2, -0.15) is 8.78 Å². The maximum atomic E-state index is 13.6. The van der Waals surface area contributed by atoms with Crippen LogP contribution in [0.5, 0.6) is 11.5 Å². The van der Waals surface area contributed by atoms with Crippen molar-refractivity contribution in [3.63, 3.8) is 0 Å². The number of hydrogen-bond acceptors (Lipinski definition) is 4. The maximum absolute atomic E-state index is 13.6. The predicted molar refractivity (Wildman–Crippen MR) is 84.7 cm³/mol. The van der Waals surface area contributed by atoms with Gasteiger partial charge in [0.15, 0.2) is 17.4 Å². The Labute approximate surface area is 144 Å². The molecular weight excluding hydrogens is 358 g/mol. The van der Waals surface area contributed by atoms with Gasteiger partial charge in [-0.15, -0.1) is 11.3 Å². The largest absolute Gasteiger partial charge is 0.497 e. The van der Waals surface area contributed by atoms with Gasteiger partial charge in [0.05, 0.1) is 12.8 Å². The van der Waals surface area contributed by atoms with E-state index in [0.717, 1.165) is 5.56 Å². The van der Waals surface area contributed by atoms with E-state index in [1.165, 1.54) is 11.3 Å². The zero-order valence-electron chi connectivity index (χ0n) is 12.9. The molecule has 0 atom stereocenters. The molecule has 0 unspecified atom stereocenters. The first-order valence-corrected chi connectivity index (χ1v) is 7.92. The predicted octanol–water partition coefficient (Wildman–Crippen LogP) is 4.95. The smallest absolute Gasteiger partial charge is 0.203 e. The summed E-state index contributed by atoms with van der Waals surface area (Å²) in [4.78, 5) is 4.28. The molecule has 1 aromatic heterocycles. The van der Waals surface area contributed by atoms with Crippen LogP contribution in [-0.2, 0) is 6.61 Å². The summed E-state index contributed by atoms with van der Waals surface area (Å²) in [7, 11) is 1.54. The highest BCUT2D eigenvalue weighted by Crippen LogP contribution is 2.29. The van der Waals surface area contributed by atoms with Crippen LogP contribution in [0.3, 0.4) is 0 Å². The molecule has 8 heteroatoms. The van der Waals surface area contributed by atoms with Gasteiger partial charge >= 0.3 is 0 Å². The Kier molecular flexibility index (Phi) is 4.89. The number of rotatable bonds is 5. The first-order valence-electron chi connectivity index (χ1n) is 7.04. The van der Waals surface area contributed by atoms with Gasteiger partial charge < -0.3 is 9.47 Å². The van der Waals surface area contributed by atoms with Crippen molar-refractivity contribution in [2.45, 2.75) is 6.61 Å². The van der Waals surface area contributed by atoms with Crippen LogP contribution in [0.1, 0.15) is 5.69 Å². The molecule has 0 saturated carbocycles. The Hall–Kier alpha value is -2.61. The minimum absolute atomic E-state index is 0.126. The van der Waals surface area contributed by atoms with Gasteiger partial charge in [0.1, 0.15) is 17.4 Å².